The quantitative estimate of drug-likeness (QED) is 0.359. The Morgan fingerprint density at radius 3 is 2.41 bits per heavy atom. The maximum Gasteiger partial charge on any atom is 0.407 e. The topological polar surface area (TPSA) is 145 Å². The highest BCUT2D eigenvalue weighted by molar-refractivity contribution is 5.80. The second kappa shape index (κ2) is 10.4. The number of alkyl carbamates (subject to hydrolysis) is 1. The molecule has 0 saturated heterocycles. The molecule has 1 aromatic rings. The molecule has 160 valence electrons. The van der Waals surface area contributed by atoms with Crippen LogP contribution in [0.4, 0.5) is 10.5 Å². The summed E-state index contributed by atoms with van der Waals surface area (Å²) in [5.41, 5.74) is -0.395. The number of esters is 1. The molecule has 0 aliphatic rings. The Balaban J connectivity index is 2.59. The monoisotopic (exact) mass is 410 g/mol. The second-order valence-corrected chi connectivity index (χ2v) is 7.48. The molecule has 10 nitrogen and oxygen atoms in total. The maximum atomic E-state index is 11.9. The number of carboxylic acid groups (broad SMARTS) is 1. The number of rotatable bonds is 9. The minimum absolute atomic E-state index is 0.0928. The number of carbonyl (C=O) groups excluding carboxylic acids is 2. The van der Waals surface area contributed by atoms with Crippen LogP contribution in [0.2, 0.25) is 0 Å². The first kappa shape index (κ1) is 23.9. The molecule has 1 aromatic carbocycles. The highest BCUT2D eigenvalue weighted by Crippen LogP contribution is 2.26. The third-order valence-electron chi connectivity index (χ3n) is 3.78. The van der Waals surface area contributed by atoms with E-state index in [1.807, 2.05) is 0 Å². The first-order chi connectivity index (χ1) is 13.4. The number of nitro benzene ring substituents is 1. The van der Waals surface area contributed by atoms with Gasteiger partial charge in [-0.1, -0.05) is 25.1 Å². The number of nitrogens with one attached hydrogen (secondary N) is 1. The van der Waals surface area contributed by atoms with Crippen molar-refractivity contribution < 1.29 is 33.9 Å². The summed E-state index contributed by atoms with van der Waals surface area (Å²) >= 11 is 0. The zero-order chi connectivity index (χ0) is 22.2. The number of carbonyl (C=O) groups is 3. The molecule has 0 aromatic heterocycles. The van der Waals surface area contributed by atoms with Gasteiger partial charge in [-0.2, -0.15) is 0 Å². The van der Waals surface area contributed by atoms with E-state index in [2.05, 4.69) is 5.32 Å². The van der Waals surface area contributed by atoms with Gasteiger partial charge in [-0.05, 0) is 27.2 Å². The molecular weight excluding hydrogens is 384 g/mol. The summed E-state index contributed by atoms with van der Waals surface area (Å²) in [6.45, 7) is 6.52. The van der Waals surface area contributed by atoms with E-state index < -0.39 is 40.5 Å². The Morgan fingerprint density at radius 1 is 1.24 bits per heavy atom. The van der Waals surface area contributed by atoms with E-state index in [0.29, 0.717) is 5.56 Å². The van der Waals surface area contributed by atoms with Crippen molar-refractivity contribution in [2.75, 3.05) is 6.61 Å². The number of benzene rings is 1. The molecule has 0 heterocycles. The molecule has 10 heteroatoms. The molecular formula is C19H26N2O8. The molecule has 0 spiro atoms. The summed E-state index contributed by atoms with van der Waals surface area (Å²) in [5.74, 6) is -2.38. The van der Waals surface area contributed by atoms with E-state index in [0.717, 1.165) is 0 Å². The number of para-hydroxylation sites is 1. The first-order valence-corrected chi connectivity index (χ1v) is 9.02. The zero-order valence-electron chi connectivity index (χ0n) is 16.8. The molecule has 29 heavy (non-hydrogen) atoms. The summed E-state index contributed by atoms with van der Waals surface area (Å²) in [4.78, 5) is 45.5. The summed E-state index contributed by atoms with van der Waals surface area (Å²) in [7, 11) is 0. The second-order valence-electron chi connectivity index (χ2n) is 7.48. The smallest absolute Gasteiger partial charge is 0.407 e. The van der Waals surface area contributed by atoms with Crippen LogP contribution in [0.1, 0.15) is 52.0 Å². The lowest BCUT2D eigenvalue weighted by atomic mass is 10.0. The largest absolute Gasteiger partial charge is 0.480 e. The molecule has 2 N–H and O–H groups in total. The highest BCUT2D eigenvalue weighted by Gasteiger charge is 2.25. The van der Waals surface area contributed by atoms with Gasteiger partial charge in [0.15, 0.2) is 0 Å². The molecule has 0 aliphatic carbocycles. The van der Waals surface area contributed by atoms with Gasteiger partial charge < -0.3 is 19.9 Å². The van der Waals surface area contributed by atoms with Gasteiger partial charge in [0.2, 0.25) is 0 Å². The lowest BCUT2D eigenvalue weighted by Gasteiger charge is -2.20. The van der Waals surface area contributed by atoms with Crippen molar-refractivity contribution in [3.8, 4) is 0 Å². The van der Waals surface area contributed by atoms with E-state index in [9.17, 15) is 29.6 Å². The highest BCUT2D eigenvalue weighted by atomic mass is 16.6. The van der Waals surface area contributed by atoms with Crippen LogP contribution < -0.4 is 5.32 Å². The number of hydrogen-bond donors (Lipinski definition) is 2. The zero-order valence-corrected chi connectivity index (χ0v) is 16.8. The van der Waals surface area contributed by atoms with Crippen LogP contribution in [0.25, 0.3) is 0 Å². The summed E-state index contributed by atoms with van der Waals surface area (Å²) in [6.07, 6.45) is -1.35. The standard InChI is InChI=1S/C19H26N2O8/c1-12(13-7-5-6-8-15(13)21(26)27)11-28-18(25)20-14(17(23)24)9-10-16(22)29-19(2,3)4/h5-8,12,14H,9-11H2,1-4H3,(H,20,25)(H,23,24)/t12?,14-/m0/s1. The number of aliphatic carboxylic acids is 1. The molecule has 0 fully saturated rings. The van der Waals surface area contributed by atoms with Crippen LogP contribution in [-0.4, -0.2) is 46.3 Å². The van der Waals surface area contributed by atoms with Crippen molar-refractivity contribution in [3.63, 3.8) is 0 Å². The predicted molar refractivity (Wildman–Crippen MR) is 102 cm³/mol. The van der Waals surface area contributed by atoms with Crippen LogP contribution in [0.5, 0.6) is 0 Å². The fourth-order valence-electron chi connectivity index (χ4n) is 2.46. The minimum atomic E-state index is -1.34. The van der Waals surface area contributed by atoms with Gasteiger partial charge in [0.1, 0.15) is 18.2 Å². The number of nitro groups is 1. The van der Waals surface area contributed by atoms with Crippen molar-refractivity contribution in [2.24, 2.45) is 0 Å². The average Bonchev–Trinajstić information content (AvgIpc) is 2.61. The summed E-state index contributed by atoms with van der Waals surface area (Å²) in [6, 6.07) is 4.74. The van der Waals surface area contributed by atoms with Gasteiger partial charge in [-0.3, -0.25) is 14.9 Å². The summed E-state index contributed by atoms with van der Waals surface area (Å²) < 4.78 is 10.1. The minimum Gasteiger partial charge on any atom is -0.480 e. The van der Waals surface area contributed by atoms with Crippen molar-refractivity contribution in [1.29, 1.82) is 0 Å². The number of ether oxygens (including phenoxy) is 2. The molecule has 1 amide bonds. The molecule has 2 atom stereocenters. The third kappa shape index (κ3) is 8.58. The number of nitrogens with zero attached hydrogens (tertiary/aromatic N) is 1. The van der Waals surface area contributed by atoms with Crippen LogP contribution in [-0.2, 0) is 19.1 Å². The lowest BCUT2D eigenvalue weighted by Crippen LogP contribution is -2.42. The van der Waals surface area contributed by atoms with Crippen LogP contribution in [0, 0.1) is 10.1 Å². The average molecular weight is 410 g/mol. The first-order valence-electron chi connectivity index (χ1n) is 9.02. The van der Waals surface area contributed by atoms with Gasteiger partial charge >= 0.3 is 18.0 Å². The molecule has 0 radical (unpaired) electrons. The third-order valence-corrected chi connectivity index (χ3v) is 3.78. The van der Waals surface area contributed by atoms with Crippen molar-refractivity contribution in [2.45, 2.75) is 58.1 Å². The van der Waals surface area contributed by atoms with Gasteiger partial charge in [-0.25, -0.2) is 9.59 Å². The molecule has 0 saturated carbocycles. The molecule has 0 bridgehead atoms. The van der Waals surface area contributed by atoms with E-state index in [1.165, 1.54) is 12.1 Å². The fourth-order valence-corrected chi connectivity index (χ4v) is 2.46. The fraction of sp³-hybridized carbons (Fsp3) is 0.526. The Bertz CT molecular complexity index is 757. The summed E-state index contributed by atoms with van der Waals surface area (Å²) in [5, 5.41) is 22.5. The number of carboxylic acids is 1. The van der Waals surface area contributed by atoms with Gasteiger partial charge in [0, 0.05) is 24.0 Å². The van der Waals surface area contributed by atoms with Crippen molar-refractivity contribution in [3.05, 3.63) is 39.9 Å². The van der Waals surface area contributed by atoms with Crippen LogP contribution in [0.3, 0.4) is 0 Å². The predicted octanol–water partition coefficient (Wildman–Crippen LogP) is 3.00. The number of amides is 1. The van der Waals surface area contributed by atoms with E-state index in [-0.39, 0.29) is 25.1 Å². The molecule has 1 rings (SSSR count). The Kier molecular flexibility index (Phi) is 8.56. The van der Waals surface area contributed by atoms with E-state index in [4.69, 9.17) is 9.47 Å². The Labute approximate surface area is 168 Å². The van der Waals surface area contributed by atoms with Crippen molar-refractivity contribution in [1.82, 2.24) is 5.32 Å². The Morgan fingerprint density at radius 2 is 1.86 bits per heavy atom. The van der Waals surface area contributed by atoms with Crippen LogP contribution in [0.15, 0.2) is 24.3 Å². The number of hydrogen-bond acceptors (Lipinski definition) is 7. The van der Waals surface area contributed by atoms with Gasteiger partial charge in [0.25, 0.3) is 5.69 Å². The van der Waals surface area contributed by atoms with Crippen molar-refractivity contribution >= 4 is 23.7 Å². The lowest BCUT2D eigenvalue weighted by molar-refractivity contribution is -0.385. The maximum absolute atomic E-state index is 11.9. The SMILES string of the molecule is CC(COC(=O)N[C@@H](CCC(=O)OC(C)(C)C)C(=O)O)c1ccccc1[N+](=O)[O-]. The Hall–Kier alpha value is -3.17. The molecule has 0 aliphatic heterocycles. The van der Waals surface area contributed by atoms with E-state index >= 15 is 0 Å². The van der Waals surface area contributed by atoms with Gasteiger partial charge in [0.05, 0.1) is 4.92 Å². The normalized spacial score (nSPS) is 13.1. The van der Waals surface area contributed by atoms with Crippen LogP contribution >= 0.6 is 0 Å². The van der Waals surface area contributed by atoms with Gasteiger partial charge in [-0.15, -0.1) is 0 Å². The molecule has 1 unspecified atom stereocenters. The van der Waals surface area contributed by atoms with E-state index in [1.54, 1.807) is 39.8 Å².